The molecular weight excluding hydrogens is 199 g/mol. The summed E-state index contributed by atoms with van der Waals surface area (Å²) in [6.07, 6.45) is -5.13. The molecule has 1 aromatic heterocycles. The first-order valence-electron chi connectivity index (χ1n) is 4.00. The minimum Gasteiger partial charge on any atom is -0.335 e. The molecule has 1 aromatic rings. The van der Waals surface area contributed by atoms with E-state index >= 15 is 0 Å². The molecule has 14 heavy (non-hydrogen) atoms. The summed E-state index contributed by atoms with van der Waals surface area (Å²) in [7, 11) is 0. The zero-order valence-electron chi connectivity index (χ0n) is 7.72. The Morgan fingerprint density at radius 1 is 1.50 bits per heavy atom. The average molecular weight is 209 g/mol. The van der Waals surface area contributed by atoms with E-state index in [0.717, 1.165) is 0 Å². The molecule has 0 aliphatic carbocycles. The Morgan fingerprint density at radius 2 is 2.14 bits per heavy atom. The Morgan fingerprint density at radius 3 is 2.57 bits per heavy atom. The second kappa shape index (κ2) is 3.85. The second-order valence-corrected chi connectivity index (χ2v) is 3.01. The second-order valence-electron chi connectivity index (χ2n) is 3.01. The van der Waals surface area contributed by atoms with Crippen LogP contribution in [0.2, 0.25) is 0 Å². The number of nitrogens with zero attached hydrogens (tertiary/aromatic N) is 2. The highest BCUT2D eigenvalue weighted by molar-refractivity contribution is 5.19. The van der Waals surface area contributed by atoms with Gasteiger partial charge in [-0.15, -0.1) is 0 Å². The van der Waals surface area contributed by atoms with Crippen LogP contribution < -0.4 is 5.32 Å². The largest absolute Gasteiger partial charge is 0.391 e. The summed E-state index contributed by atoms with van der Waals surface area (Å²) in [6, 6.07) is -0.769. The van der Waals surface area contributed by atoms with Crippen LogP contribution >= 0.6 is 0 Å². The van der Waals surface area contributed by atoms with E-state index in [-0.39, 0.29) is 6.01 Å². The molecule has 1 atom stereocenters. The van der Waals surface area contributed by atoms with E-state index in [0.29, 0.717) is 5.82 Å². The predicted octanol–water partition coefficient (Wildman–Crippen LogP) is 2.13. The molecule has 1 unspecified atom stereocenters. The standard InChI is InChI=1S/C7H10F3N3O/c1-4(3-7(8,9)10)11-6-12-5(2)13-14-6/h4H,3H2,1-2H3,(H,11,12,13). The molecular formula is C7H10F3N3O. The van der Waals surface area contributed by atoms with Crippen LogP contribution in [0.25, 0.3) is 0 Å². The highest BCUT2D eigenvalue weighted by Gasteiger charge is 2.30. The Hall–Kier alpha value is -1.27. The number of anilines is 1. The lowest BCUT2D eigenvalue weighted by atomic mass is 10.2. The van der Waals surface area contributed by atoms with Crippen molar-refractivity contribution in [1.82, 2.24) is 10.1 Å². The maximum Gasteiger partial charge on any atom is 0.391 e. The van der Waals surface area contributed by atoms with Crippen molar-refractivity contribution < 1.29 is 17.7 Å². The molecule has 1 rings (SSSR count). The van der Waals surface area contributed by atoms with Gasteiger partial charge in [0, 0.05) is 6.04 Å². The molecule has 0 fully saturated rings. The fourth-order valence-corrected chi connectivity index (χ4v) is 0.965. The van der Waals surface area contributed by atoms with E-state index in [9.17, 15) is 13.2 Å². The van der Waals surface area contributed by atoms with Gasteiger partial charge < -0.3 is 9.84 Å². The summed E-state index contributed by atoms with van der Waals surface area (Å²) in [6.45, 7) is 2.98. The molecule has 0 aromatic carbocycles. The maximum atomic E-state index is 11.9. The third kappa shape index (κ3) is 3.63. The van der Waals surface area contributed by atoms with Gasteiger partial charge in [-0.1, -0.05) is 5.16 Å². The van der Waals surface area contributed by atoms with Gasteiger partial charge in [-0.05, 0) is 13.8 Å². The monoisotopic (exact) mass is 209 g/mol. The molecule has 1 N–H and O–H groups in total. The van der Waals surface area contributed by atoms with E-state index in [1.807, 2.05) is 0 Å². The number of aryl methyl sites for hydroxylation is 1. The number of halogens is 3. The van der Waals surface area contributed by atoms with Gasteiger partial charge in [0.15, 0.2) is 5.82 Å². The van der Waals surface area contributed by atoms with Gasteiger partial charge in [-0.3, -0.25) is 0 Å². The Bertz CT molecular complexity index is 297. The van der Waals surface area contributed by atoms with Gasteiger partial charge in [0.05, 0.1) is 6.42 Å². The predicted molar refractivity (Wildman–Crippen MR) is 42.8 cm³/mol. The van der Waals surface area contributed by atoms with Crippen molar-refractivity contribution in [2.45, 2.75) is 32.5 Å². The lowest BCUT2D eigenvalue weighted by Crippen LogP contribution is -2.23. The lowest BCUT2D eigenvalue weighted by Gasteiger charge is -2.13. The van der Waals surface area contributed by atoms with Crippen LogP contribution in [0.5, 0.6) is 0 Å². The summed E-state index contributed by atoms with van der Waals surface area (Å²) in [5.41, 5.74) is 0. The lowest BCUT2D eigenvalue weighted by molar-refractivity contribution is -0.136. The van der Waals surface area contributed by atoms with Gasteiger partial charge >= 0.3 is 12.2 Å². The number of hydrogen-bond acceptors (Lipinski definition) is 4. The molecule has 0 aliphatic rings. The minimum absolute atomic E-state index is 0.0132. The van der Waals surface area contributed by atoms with Crippen LogP contribution in [-0.2, 0) is 0 Å². The van der Waals surface area contributed by atoms with E-state index in [2.05, 4.69) is 20.0 Å². The Balaban J connectivity index is 2.45. The fraction of sp³-hybridized carbons (Fsp3) is 0.714. The summed E-state index contributed by atoms with van der Waals surface area (Å²) in [5, 5.41) is 5.90. The van der Waals surface area contributed by atoms with Crippen LogP contribution in [0.3, 0.4) is 0 Å². The normalized spacial score (nSPS) is 14.1. The van der Waals surface area contributed by atoms with Crippen LogP contribution in [0, 0.1) is 6.92 Å². The van der Waals surface area contributed by atoms with Gasteiger partial charge in [0.1, 0.15) is 0 Å². The van der Waals surface area contributed by atoms with E-state index in [1.165, 1.54) is 6.92 Å². The molecule has 0 aliphatic heterocycles. The van der Waals surface area contributed by atoms with Crippen molar-refractivity contribution in [1.29, 1.82) is 0 Å². The van der Waals surface area contributed by atoms with Crippen molar-refractivity contribution in [3.63, 3.8) is 0 Å². The number of hydrogen-bond donors (Lipinski definition) is 1. The first-order chi connectivity index (χ1) is 6.37. The quantitative estimate of drug-likeness (QED) is 0.828. The van der Waals surface area contributed by atoms with Gasteiger partial charge in [0.25, 0.3) is 0 Å². The van der Waals surface area contributed by atoms with E-state index in [4.69, 9.17) is 0 Å². The average Bonchev–Trinajstić information content (AvgIpc) is 2.30. The van der Waals surface area contributed by atoms with Gasteiger partial charge in [-0.25, -0.2) is 0 Å². The molecule has 80 valence electrons. The van der Waals surface area contributed by atoms with Gasteiger partial charge in [-0.2, -0.15) is 18.2 Å². The molecule has 4 nitrogen and oxygen atoms in total. The van der Waals surface area contributed by atoms with Crippen LogP contribution in [-0.4, -0.2) is 22.4 Å². The zero-order valence-corrected chi connectivity index (χ0v) is 7.72. The van der Waals surface area contributed by atoms with E-state index in [1.54, 1.807) is 6.92 Å². The highest BCUT2D eigenvalue weighted by atomic mass is 19.4. The molecule has 0 radical (unpaired) electrons. The van der Waals surface area contributed by atoms with Crippen LogP contribution in [0.15, 0.2) is 4.52 Å². The highest BCUT2D eigenvalue weighted by Crippen LogP contribution is 2.22. The first-order valence-corrected chi connectivity index (χ1v) is 4.00. The number of alkyl halides is 3. The SMILES string of the molecule is Cc1noc(NC(C)CC(F)(F)F)n1. The van der Waals surface area contributed by atoms with Crippen LogP contribution in [0.4, 0.5) is 19.2 Å². The summed E-state index contributed by atoms with van der Waals surface area (Å²) >= 11 is 0. The van der Waals surface area contributed by atoms with Crippen molar-refractivity contribution in [2.24, 2.45) is 0 Å². The molecule has 0 saturated heterocycles. The third-order valence-electron chi connectivity index (χ3n) is 1.44. The summed E-state index contributed by atoms with van der Waals surface area (Å²) in [5.74, 6) is 0.381. The topological polar surface area (TPSA) is 51.0 Å². The van der Waals surface area contributed by atoms with Crippen LogP contribution in [0.1, 0.15) is 19.2 Å². The summed E-state index contributed by atoms with van der Waals surface area (Å²) in [4.78, 5) is 3.72. The fourth-order valence-electron chi connectivity index (χ4n) is 0.965. The van der Waals surface area contributed by atoms with Crippen molar-refractivity contribution >= 4 is 6.01 Å². The van der Waals surface area contributed by atoms with E-state index < -0.39 is 18.6 Å². The van der Waals surface area contributed by atoms with Crippen molar-refractivity contribution in [3.8, 4) is 0 Å². The first kappa shape index (κ1) is 10.8. The maximum absolute atomic E-state index is 11.9. The zero-order chi connectivity index (χ0) is 10.8. The minimum atomic E-state index is -4.19. The number of rotatable bonds is 3. The third-order valence-corrected chi connectivity index (χ3v) is 1.44. The Labute approximate surface area is 78.5 Å². The smallest absolute Gasteiger partial charge is 0.335 e. The van der Waals surface area contributed by atoms with Crippen molar-refractivity contribution in [3.05, 3.63) is 5.82 Å². The number of aromatic nitrogens is 2. The summed E-state index contributed by atoms with van der Waals surface area (Å²) < 4.78 is 40.3. The number of nitrogens with one attached hydrogen (secondary N) is 1. The molecule has 7 heteroatoms. The molecule has 0 spiro atoms. The Kier molecular flexibility index (Phi) is 2.97. The molecule has 0 saturated carbocycles. The van der Waals surface area contributed by atoms with Crippen molar-refractivity contribution in [2.75, 3.05) is 5.32 Å². The van der Waals surface area contributed by atoms with Gasteiger partial charge in [0.2, 0.25) is 0 Å². The molecule has 1 heterocycles. The molecule has 0 bridgehead atoms. The molecule has 0 amide bonds.